The molecule has 0 bridgehead atoms. The summed E-state index contributed by atoms with van der Waals surface area (Å²) in [4.78, 5) is 22.4. The van der Waals surface area contributed by atoms with E-state index in [1.807, 2.05) is 6.07 Å². The molecule has 2 aromatic heterocycles. The summed E-state index contributed by atoms with van der Waals surface area (Å²) in [6, 6.07) is 5.36. The van der Waals surface area contributed by atoms with Crippen LogP contribution in [0.2, 0.25) is 0 Å². The summed E-state index contributed by atoms with van der Waals surface area (Å²) < 4.78 is 9.52. The van der Waals surface area contributed by atoms with Gasteiger partial charge in [-0.05, 0) is 12.1 Å². The second-order valence-corrected chi connectivity index (χ2v) is 4.47. The maximum Gasteiger partial charge on any atom is 0.246 e. The fourth-order valence-electron chi connectivity index (χ4n) is 1.69. The number of fused-ring (bicyclic) bond motifs is 1. The number of nitrogens with one attached hydrogen (secondary N) is 1. The summed E-state index contributed by atoms with van der Waals surface area (Å²) in [7, 11) is 0. The van der Waals surface area contributed by atoms with E-state index < -0.39 is 0 Å². The van der Waals surface area contributed by atoms with E-state index in [0.717, 1.165) is 17.2 Å². The van der Waals surface area contributed by atoms with Gasteiger partial charge in [-0.15, -0.1) is 5.10 Å². The Morgan fingerprint density at radius 1 is 1.40 bits per heavy atom. The van der Waals surface area contributed by atoms with Crippen LogP contribution in [0, 0.1) is 0 Å². The maximum atomic E-state index is 11.9. The molecule has 0 aliphatic carbocycles. The van der Waals surface area contributed by atoms with Gasteiger partial charge in [0.1, 0.15) is 23.3 Å². The molecule has 0 aliphatic rings. The topological polar surface area (TPSA) is 103 Å². The fourth-order valence-corrected chi connectivity index (χ4v) is 2.24. The number of rotatable bonds is 4. The van der Waals surface area contributed by atoms with Gasteiger partial charge in [0.05, 0.1) is 23.6 Å². The van der Waals surface area contributed by atoms with Gasteiger partial charge in [0.25, 0.3) is 0 Å². The quantitative estimate of drug-likeness (QED) is 0.710. The summed E-state index contributed by atoms with van der Waals surface area (Å²) in [6.45, 7) is -0.0329. The third-order valence-corrected chi connectivity index (χ3v) is 3.09. The van der Waals surface area contributed by atoms with Crippen LogP contribution in [0.3, 0.4) is 0 Å². The molecule has 1 amide bonds. The molecule has 9 heteroatoms. The Morgan fingerprint density at radius 3 is 3.10 bits per heavy atom. The van der Waals surface area contributed by atoms with Crippen LogP contribution in [0.1, 0.15) is 10.5 Å². The molecule has 1 N–H and O–H groups in total. The number of nitrogens with zero attached hydrogens (tertiary/aromatic N) is 5. The summed E-state index contributed by atoms with van der Waals surface area (Å²) in [5.74, 6) is -0.284. The lowest BCUT2D eigenvalue weighted by Gasteiger charge is -2.04. The molecular weight excluding hydrogens is 280 g/mol. The highest BCUT2D eigenvalue weighted by molar-refractivity contribution is 7.00. The van der Waals surface area contributed by atoms with Crippen LogP contribution in [-0.2, 0) is 11.3 Å². The van der Waals surface area contributed by atoms with Crippen LogP contribution in [0.15, 0.2) is 24.4 Å². The fraction of sp³-hybridized carbons (Fsp3) is 0.0909. The molecule has 0 aliphatic heterocycles. The minimum Gasteiger partial charge on any atom is -0.322 e. The number of anilines is 1. The predicted molar refractivity (Wildman–Crippen MR) is 71.5 cm³/mol. The van der Waals surface area contributed by atoms with E-state index in [0.29, 0.717) is 17.5 Å². The molecule has 0 unspecified atom stereocenters. The Bertz CT molecular complexity index is 780. The Hall–Kier alpha value is -2.68. The predicted octanol–water partition coefficient (Wildman–Crippen LogP) is 0.734. The summed E-state index contributed by atoms with van der Waals surface area (Å²) in [5, 5.41) is 9.99. The zero-order valence-corrected chi connectivity index (χ0v) is 10.9. The highest BCUT2D eigenvalue weighted by Gasteiger charge is 2.10. The van der Waals surface area contributed by atoms with Crippen molar-refractivity contribution in [2.75, 3.05) is 5.32 Å². The van der Waals surface area contributed by atoms with Crippen molar-refractivity contribution in [2.45, 2.75) is 6.54 Å². The molecule has 3 aromatic rings. The monoisotopic (exact) mass is 288 g/mol. The number of aromatic nitrogens is 5. The van der Waals surface area contributed by atoms with Crippen molar-refractivity contribution in [2.24, 2.45) is 0 Å². The minimum atomic E-state index is -0.284. The molecule has 20 heavy (non-hydrogen) atoms. The Morgan fingerprint density at radius 2 is 2.30 bits per heavy atom. The highest BCUT2D eigenvalue weighted by Crippen LogP contribution is 2.20. The third kappa shape index (κ3) is 2.38. The second kappa shape index (κ2) is 5.13. The van der Waals surface area contributed by atoms with Crippen molar-refractivity contribution < 1.29 is 9.59 Å². The number of carbonyl (C=O) groups excluding carboxylic acids is 2. The average molecular weight is 288 g/mol. The van der Waals surface area contributed by atoms with E-state index in [1.54, 1.807) is 12.1 Å². The SMILES string of the molecule is O=Cc1cn(CC(=O)Nc2cccc3nsnc23)nn1. The van der Waals surface area contributed by atoms with Crippen LogP contribution in [-0.4, -0.2) is 35.9 Å². The van der Waals surface area contributed by atoms with Gasteiger partial charge in [0.15, 0.2) is 6.29 Å². The van der Waals surface area contributed by atoms with Crippen molar-refractivity contribution in [3.8, 4) is 0 Å². The average Bonchev–Trinajstić information content (AvgIpc) is 3.07. The van der Waals surface area contributed by atoms with Crippen LogP contribution in [0.4, 0.5) is 5.69 Å². The number of hydrogen-bond acceptors (Lipinski definition) is 7. The maximum absolute atomic E-state index is 11.9. The standard InChI is InChI=1S/C11H8N6O2S/c18-6-7-4-17(16-13-7)5-10(19)12-8-2-1-3-9-11(8)15-20-14-9/h1-4,6H,5H2,(H,12,19). The lowest BCUT2D eigenvalue weighted by molar-refractivity contribution is -0.116. The Kier molecular flexibility index (Phi) is 3.17. The normalized spacial score (nSPS) is 10.6. The number of amides is 1. The lowest BCUT2D eigenvalue weighted by Crippen LogP contribution is -2.19. The van der Waals surface area contributed by atoms with Crippen LogP contribution in [0.5, 0.6) is 0 Å². The van der Waals surface area contributed by atoms with E-state index >= 15 is 0 Å². The van der Waals surface area contributed by atoms with Gasteiger partial charge in [-0.2, -0.15) is 8.75 Å². The van der Waals surface area contributed by atoms with Crippen LogP contribution in [0.25, 0.3) is 11.0 Å². The van der Waals surface area contributed by atoms with Crippen LogP contribution >= 0.6 is 11.7 Å². The van der Waals surface area contributed by atoms with Gasteiger partial charge < -0.3 is 5.32 Å². The molecule has 0 saturated heterocycles. The molecule has 0 fully saturated rings. The first-order valence-corrected chi connectivity index (χ1v) is 6.36. The molecule has 0 saturated carbocycles. The smallest absolute Gasteiger partial charge is 0.246 e. The minimum absolute atomic E-state index is 0.0329. The molecule has 100 valence electrons. The van der Waals surface area contributed by atoms with E-state index in [4.69, 9.17) is 0 Å². The molecule has 1 aromatic carbocycles. The van der Waals surface area contributed by atoms with Crippen LogP contribution < -0.4 is 5.32 Å². The van der Waals surface area contributed by atoms with Gasteiger partial charge in [-0.3, -0.25) is 9.59 Å². The van der Waals surface area contributed by atoms with Gasteiger partial charge in [0, 0.05) is 0 Å². The molecule has 8 nitrogen and oxygen atoms in total. The number of benzene rings is 1. The molecule has 0 radical (unpaired) electrons. The van der Waals surface area contributed by atoms with E-state index in [1.165, 1.54) is 10.9 Å². The highest BCUT2D eigenvalue weighted by atomic mass is 32.1. The van der Waals surface area contributed by atoms with Gasteiger partial charge in [0.2, 0.25) is 5.91 Å². The summed E-state index contributed by atoms with van der Waals surface area (Å²) >= 11 is 1.09. The van der Waals surface area contributed by atoms with Crippen molar-refractivity contribution >= 4 is 40.6 Å². The van der Waals surface area contributed by atoms with Crippen molar-refractivity contribution in [1.82, 2.24) is 23.7 Å². The van der Waals surface area contributed by atoms with Crippen molar-refractivity contribution in [1.29, 1.82) is 0 Å². The van der Waals surface area contributed by atoms with E-state index in [9.17, 15) is 9.59 Å². The van der Waals surface area contributed by atoms with E-state index in [2.05, 4.69) is 24.4 Å². The first-order valence-electron chi connectivity index (χ1n) is 5.63. The molecule has 2 heterocycles. The molecule has 3 rings (SSSR count). The zero-order valence-electron chi connectivity index (χ0n) is 10.1. The second-order valence-electron chi connectivity index (χ2n) is 3.94. The first-order chi connectivity index (χ1) is 9.76. The third-order valence-electron chi connectivity index (χ3n) is 2.54. The largest absolute Gasteiger partial charge is 0.322 e. The van der Waals surface area contributed by atoms with Gasteiger partial charge in [-0.1, -0.05) is 11.3 Å². The summed E-state index contributed by atoms with van der Waals surface area (Å²) in [5.41, 5.74) is 2.16. The number of carbonyl (C=O) groups is 2. The number of hydrogen-bond donors (Lipinski definition) is 1. The Labute approximate surface area is 116 Å². The molecule has 0 spiro atoms. The number of aldehydes is 1. The molecule has 0 atom stereocenters. The van der Waals surface area contributed by atoms with Gasteiger partial charge >= 0.3 is 0 Å². The Balaban J connectivity index is 1.75. The zero-order chi connectivity index (χ0) is 13.9. The lowest BCUT2D eigenvalue weighted by atomic mass is 10.2. The van der Waals surface area contributed by atoms with Crippen molar-refractivity contribution in [3.05, 3.63) is 30.1 Å². The molecular formula is C11H8N6O2S. The summed E-state index contributed by atoms with van der Waals surface area (Å²) in [6.07, 6.45) is 1.97. The first kappa shape index (κ1) is 12.4. The van der Waals surface area contributed by atoms with Gasteiger partial charge in [-0.25, -0.2) is 4.68 Å². The van der Waals surface area contributed by atoms with E-state index in [-0.39, 0.29) is 18.1 Å². The van der Waals surface area contributed by atoms with Crippen molar-refractivity contribution in [3.63, 3.8) is 0 Å².